The Bertz CT molecular complexity index is 1080. The number of piperidine rings is 1. The number of fused-ring (bicyclic) bond motifs is 1. The van der Waals surface area contributed by atoms with Crippen LogP contribution >= 0.6 is 0 Å². The van der Waals surface area contributed by atoms with Crippen molar-refractivity contribution in [3.05, 3.63) is 59.2 Å². The van der Waals surface area contributed by atoms with Crippen LogP contribution in [0.3, 0.4) is 0 Å². The van der Waals surface area contributed by atoms with E-state index in [0.29, 0.717) is 13.0 Å². The number of benzene rings is 2. The Hall–Kier alpha value is -2.22. The number of sulfonamides is 1. The van der Waals surface area contributed by atoms with Gasteiger partial charge in [-0.05, 0) is 67.6 Å². The molecule has 0 spiro atoms. The first-order chi connectivity index (χ1) is 14.8. The Balaban J connectivity index is 1.48. The quantitative estimate of drug-likeness (QED) is 0.716. The molecule has 0 aliphatic carbocycles. The van der Waals surface area contributed by atoms with E-state index in [-0.39, 0.29) is 16.7 Å². The molecule has 2 aliphatic rings. The van der Waals surface area contributed by atoms with Crippen molar-refractivity contribution in [3.63, 3.8) is 0 Å². The Labute approximate surface area is 185 Å². The maximum Gasteiger partial charge on any atom is 0.242 e. The Morgan fingerprint density at radius 1 is 1.13 bits per heavy atom. The number of carbonyl (C=O) groups is 1. The number of amides is 1. The van der Waals surface area contributed by atoms with Crippen molar-refractivity contribution >= 4 is 21.6 Å². The Morgan fingerprint density at radius 3 is 2.65 bits per heavy atom. The molecule has 2 aromatic rings. The van der Waals surface area contributed by atoms with Crippen molar-refractivity contribution in [1.29, 1.82) is 0 Å². The number of aryl methyl sites for hydroxylation is 1. The highest BCUT2D eigenvalue weighted by Crippen LogP contribution is 2.33. The summed E-state index contributed by atoms with van der Waals surface area (Å²) >= 11 is 0. The molecule has 2 aliphatic heterocycles. The molecule has 1 unspecified atom stereocenters. The molecule has 1 atom stereocenters. The first-order valence-corrected chi connectivity index (χ1v) is 12.3. The lowest BCUT2D eigenvalue weighted by Gasteiger charge is -2.34. The third-order valence-corrected chi connectivity index (χ3v) is 8.31. The zero-order valence-corrected chi connectivity index (χ0v) is 19.4. The van der Waals surface area contributed by atoms with Gasteiger partial charge in [0.2, 0.25) is 15.9 Å². The molecule has 166 valence electrons. The number of anilines is 1. The predicted molar refractivity (Wildman–Crippen MR) is 123 cm³/mol. The molecule has 2 heterocycles. The van der Waals surface area contributed by atoms with Crippen LogP contribution in [0.4, 0.5) is 5.69 Å². The zero-order chi connectivity index (χ0) is 22.2. The van der Waals surface area contributed by atoms with Crippen molar-refractivity contribution in [2.45, 2.75) is 37.6 Å². The maximum absolute atomic E-state index is 13.4. The van der Waals surface area contributed by atoms with Gasteiger partial charge in [0.15, 0.2) is 0 Å². The second-order valence-electron chi connectivity index (χ2n) is 8.82. The van der Waals surface area contributed by atoms with Crippen LogP contribution in [-0.2, 0) is 27.8 Å². The van der Waals surface area contributed by atoms with Crippen molar-refractivity contribution < 1.29 is 13.2 Å². The lowest BCUT2D eigenvalue weighted by atomic mass is 9.95. The molecular weight excluding hydrogens is 410 g/mol. The van der Waals surface area contributed by atoms with Crippen LogP contribution in [0.2, 0.25) is 0 Å². The fourth-order valence-corrected chi connectivity index (χ4v) is 5.58. The van der Waals surface area contributed by atoms with Gasteiger partial charge in [-0.15, -0.1) is 0 Å². The molecule has 0 aromatic heterocycles. The van der Waals surface area contributed by atoms with Crippen LogP contribution < -0.4 is 4.90 Å². The fourth-order valence-electron chi connectivity index (χ4n) is 4.63. The molecule has 0 N–H and O–H groups in total. The summed E-state index contributed by atoms with van der Waals surface area (Å²) in [5, 5.41) is 0. The summed E-state index contributed by atoms with van der Waals surface area (Å²) in [5.74, 6) is 0.144. The van der Waals surface area contributed by atoms with Gasteiger partial charge in [-0.1, -0.05) is 24.3 Å². The smallest absolute Gasteiger partial charge is 0.242 e. The molecule has 7 heteroatoms. The van der Waals surface area contributed by atoms with E-state index in [1.54, 1.807) is 18.2 Å². The van der Waals surface area contributed by atoms with E-state index in [1.165, 1.54) is 29.5 Å². The summed E-state index contributed by atoms with van der Waals surface area (Å²) in [6, 6.07) is 13.6. The molecule has 1 fully saturated rings. The molecule has 4 rings (SSSR count). The molecule has 0 bridgehead atoms. The highest BCUT2D eigenvalue weighted by molar-refractivity contribution is 7.89. The SMILES string of the molecule is Cc1ccccc1CN1CCCC(C(=O)N2CCc3cc(S(=O)(=O)N(C)C)ccc32)C1. The minimum absolute atomic E-state index is 0.0195. The number of nitrogens with zero attached hydrogens (tertiary/aromatic N) is 3. The summed E-state index contributed by atoms with van der Waals surface area (Å²) in [4.78, 5) is 17.9. The summed E-state index contributed by atoms with van der Waals surface area (Å²) in [7, 11) is -0.410. The van der Waals surface area contributed by atoms with E-state index in [2.05, 4.69) is 36.1 Å². The second-order valence-corrected chi connectivity index (χ2v) is 11.0. The molecule has 2 aromatic carbocycles. The highest BCUT2D eigenvalue weighted by Gasteiger charge is 2.33. The molecule has 0 saturated carbocycles. The minimum atomic E-state index is -3.47. The van der Waals surface area contributed by atoms with Crippen molar-refractivity contribution in [3.8, 4) is 0 Å². The van der Waals surface area contributed by atoms with Gasteiger partial charge in [0.05, 0.1) is 10.8 Å². The first kappa shape index (κ1) is 22.0. The normalized spacial score (nSPS) is 19.6. The van der Waals surface area contributed by atoms with Gasteiger partial charge in [0.1, 0.15) is 0 Å². The predicted octanol–water partition coefficient (Wildman–Crippen LogP) is 3.05. The van der Waals surface area contributed by atoms with Crippen LogP contribution in [0.1, 0.15) is 29.5 Å². The lowest BCUT2D eigenvalue weighted by molar-refractivity contribution is -0.124. The Morgan fingerprint density at radius 2 is 1.90 bits per heavy atom. The molecule has 31 heavy (non-hydrogen) atoms. The van der Waals surface area contributed by atoms with Gasteiger partial charge >= 0.3 is 0 Å². The summed E-state index contributed by atoms with van der Waals surface area (Å²) in [6.07, 6.45) is 2.61. The maximum atomic E-state index is 13.4. The average molecular weight is 442 g/mol. The standard InChI is InChI=1S/C24H31N3O3S/c1-18-7-4-5-8-20(18)16-26-13-6-9-21(17-26)24(28)27-14-12-19-15-22(10-11-23(19)27)31(29,30)25(2)3/h4-5,7-8,10-11,15,21H,6,9,12-14,16-17H2,1-3H3. The van der Waals surface area contributed by atoms with Crippen LogP contribution in [0.25, 0.3) is 0 Å². The van der Waals surface area contributed by atoms with Crippen molar-refractivity contribution in [1.82, 2.24) is 9.21 Å². The van der Waals surface area contributed by atoms with Gasteiger partial charge < -0.3 is 4.90 Å². The van der Waals surface area contributed by atoms with Gasteiger partial charge in [0.25, 0.3) is 0 Å². The summed E-state index contributed by atoms with van der Waals surface area (Å²) < 4.78 is 26.1. The molecule has 1 saturated heterocycles. The van der Waals surface area contributed by atoms with Crippen LogP contribution in [-0.4, -0.2) is 57.3 Å². The number of rotatable bonds is 5. The number of likely N-dealkylation sites (tertiary alicyclic amines) is 1. The van der Waals surface area contributed by atoms with Gasteiger partial charge in [0, 0.05) is 39.4 Å². The van der Waals surface area contributed by atoms with E-state index in [1.807, 2.05) is 4.90 Å². The van der Waals surface area contributed by atoms with E-state index in [0.717, 1.165) is 43.7 Å². The van der Waals surface area contributed by atoms with Crippen molar-refractivity contribution in [2.24, 2.45) is 5.92 Å². The first-order valence-electron chi connectivity index (χ1n) is 10.9. The summed E-state index contributed by atoms with van der Waals surface area (Å²) in [6.45, 7) is 5.41. The molecule has 6 nitrogen and oxygen atoms in total. The number of carbonyl (C=O) groups excluding carboxylic acids is 1. The van der Waals surface area contributed by atoms with Crippen LogP contribution in [0.5, 0.6) is 0 Å². The Kier molecular flexibility index (Phi) is 6.19. The van der Waals surface area contributed by atoms with Crippen molar-refractivity contribution in [2.75, 3.05) is 38.6 Å². The third kappa shape index (κ3) is 4.40. The van der Waals surface area contributed by atoms with E-state index >= 15 is 0 Å². The van der Waals surface area contributed by atoms with E-state index in [9.17, 15) is 13.2 Å². The fraction of sp³-hybridized carbons (Fsp3) is 0.458. The van der Waals surface area contributed by atoms with Crippen LogP contribution in [0, 0.1) is 12.8 Å². The highest BCUT2D eigenvalue weighted by atomic mass is 32.2. The largest absolute Gasteiger partial charge is 0.312 e. The monoisotopic (exact) mass is 441 g/mol. The second kappa shape index (κ2) is 8.73. The van der Waals surface area contributed by atoms with Gasteiger partial charge in [-0.3, -0.25) is 9.69 Å². The van der Waals surface area contributed by atoms with Crippen LogP contribution in [0.15, 0.2) is 47.4 Å². The number of hydrogen-bond acceptors (Lipinski definition) is 4. The topological polar surface area (TPSA) is 60.9 Å². The average Bonchev–Trinajstić information content (AvgIpc) is 3.18. The van der Waals surface area contributed by atoms with E-state index in [4.69, 9.17) is 0 Å². The summed E-state index contributed by atoms with van der Waals surface area (Å²) in [5.41, 5.74) is 4.40. The number of hydrogen-bond donors (Lipinski definition) is 0. The minimum Gasteiger partial charge on any atom is -0.312 e. The third-order valence-electron chi connectivity index (χ3n) is 6.50. The van der Waals surface area contributed by atoms with Gasteiger partial charge in [-0.2, -0.15) is 0 Å². The molecule has 1 amide bonds. The molecule has 0 radical (unpaired) electrons. The van der Waals surface area contributed by atoms with Gasteiger partial charge in [-0.25, -0.2) is 12.7 Å². The van der Waals surface area contributed by atoms with E-state index < -0.39 is 10.0 Å². The molecular formula is C24H31N3O3S. The lowest BCUT2D eigenvalue weighted by Crippen LogP contribution is -2.44. The zero-order valence-electron chi connectivity index (χ0n) is 18.5.